The molecule has 2 heteroatoms. The van der Waals surface area contributed by atoms with Gasteiger partial charge in [-0.25, -0.2) is 0 Å². The van der Waals surface area contributed by atoms with Crippen molar-refractivity contribution < 1.29 is 0 Å². The van der Waals surface area contributed by atoms with Crippen LogP contribution in [0.3, 0.4) is 0 Å². The van der Waals surface area contributed by atoms with Crippen molar-refractivity contribution in [3.8, 4) is 6.07 Å². The Morgan fingerprint density at radius 3 is 2.00 bits per heavy atom. The predicted molar refractivity (Wildman–Crippen MR) is 42.5 cm³/mol. The van der Waals surface area contributed by atoms with Crippen LogP contribution in [0, 0.1) is 17.2 Å². The summed E-state index contributed by atoms with van der Waals surface area (Å²) in [6, 6.07) is 2.34. The van der Waals surface area contributed by atoms with Crippen molar-refractivity contribution in [2.75, 3.05) is 14.1 Å². The molecule has 58 valence electrons. The first-order valence-electron chi connectivity index (χ1n) is 3.64. The van der Waals surface area contributed by atoms with Crippen LogP contribution in [0.5, 0.6) is 0 Å². The number of rotatable bonds is 3. The van der Waals surface area contributed by atoms with Crippen molar-refractivity contribution >= 4 is 0 Å². The fraction of sp³-hybridized carbons (Fsp3) is 0.875. The second-order valence-corrected chi connectivity index (χ2v) is 3.24. The monoisotopic (exact) mass is 140 g/mol. The van der Waals surface area contributed by atoms with Gasteiger partial charge in [-0.05, 0) is 26.4 Å². The van der Waals surface area contributed by atoms with Gasteiger partial charge in [0.05, 0.1) is 12.1 Å². The third-order valence-electron chi connectivity index (χ3n) is 1.47. The van der Waals surface area contributed by atoms with Crippen molar-refractivity contribution in [3.05, 3.63) is 0 Å². The van der Waals surface area contributed by atoms with Crippen LogP contribution >= 0.6 is 0 Å². The first kappa shape index (κ1) is 9.45. The van der Waals surface area contributed by atoms with E-state index in [2.05, 4.69) is 19.9 Å². The molecule has 0 spiro atoms. The Kier molecular flexibility index (Phi) is 4.06. The number of nitrogens with zero attached hydrogens (tertiary/aromatic N) is 2. The van der Waals surface area contributed by atoms with Crippen LogP contribution in [-0.2, 0) is 0 Å². The zero-order chi connectivity index (χ0) is 8.15. The molecule has 0 aliphatic heterocycles. The molecule has 1 atom stereocenters. The summed E-state index contributed by atoms with van der Waals surface area (Å²) in [5.74, 6) is 0.604. The predicted octanol–water partition coefficient (Wildman–Crippen LogP) is 1.49. The molecule has 0 amide bonds. The largest absolute Gasteiger partial charge is 0.294 e. The molecule has 1 unspecified atom stereocenters. The van der Waals surface area contributed by atoms with E-state index in [1.165, 1.54) is 0 Å². The fourth-order valence-corrected chi connectivity index (χ4v) is 0.826. The molecule has 2 nitrogen and oxygen atoms in total. The van der Waals surface area contributed by atoms with Crippen LogP contribution < -0.4 is 0 Å². The van der Waals surface area contributed by atoms with Crippen molar-refractivity contribution in [3.63, 3.8) is 0 Å². The molecule has 10 heavy (non-hydrogen) atoms. The molecular formula is C8H16N2. The third kappa shape index (κ3) is 3.47. The van der Waals surface area contributed by atoms with Crippen molar-refractivity contribution in [2.45, 2.75) is 26.3 Å². The average molecular weight is 140 g/mol. The highest BCUT2D eigenvalue weighted by Crippen LogP contribution is 2.07. The lowest BCUT2D eigenvalue weighted by atomic mass is 10.0. The van der Waals surface area contributed by atoms with Crippen molar-refractivity contribution in [2.24, 2.45) is 5.92 Å². The van der Waals surface area contributed by atoms with Gasteiger partial charge in [0, 0.05) is 0 Å². The molecular weight excluding hydrogens is 124 g/mol. The van der Waals surface area contributed by atoms with Gasteiger partial charge in [-0.2, -0.15) is 5.26 Å². The van der Waals surface area contributed by atoms with E-state index in [-0.39, 0.29) is 6.04 Å². The summed E-state index contributed by atoms with van der Waals surface area (Å²) in [7, 11) is 3.88. The van der Waals surface area contributed by atoms with Gasteiger partial charge in [-0.3, -0.25) is 4.90 Å². The van der Waals surface area contributed by atoms with E-state index in [1.54, 1.807) is 0 Å². The molecule has 0 aromatic carbocycles. The molecule has 0 aromatic heterocycles. The molecule has 0 aliphatic carbocycles. The summed E-state index contributed by atoms with van der Waals surface area (Å²) in [5, 5.41) is 8.65. The summed E-state index contributed by atoms with van der Waals surface area (Å²) in [5.41, 5.74) is 0. The topological polar surface area (TPSA) is 27.0 Å². The molecule has 0 saturated heterocycles. The lowest BCUT2D eigenvalue weighted by Crippen LogP contribution is -2.27. The van der Waals surface area contributed by atoms with E-state index < -0.39 is 0 Å². The van der Waals surface area contributed by atoms with E-state index >= 15 is 0 Å². The van der Waals surface area contributed by atoms with Crippen LogP contribution in [0.1, 0.15) is 20.3 Å². The minimum atomic E-state index is 0.0833. The minimum Gasteiger partial charge on any atom is -0.294 e. The Morgan fingerprint density at radius 2 is 1.90 bits per heavy atom. The molecule has 0 bridgehead atoms. The summed E-state index contributed by atoms with van der Waals surface area (Å²) in [6.45, 7) is 4.27. The molecule has 0 saturated carbocycles. The second-order valence-electron chi connectivity index (χ2n) is 3.24. The normalized spacial score (nSPS) is 13.7. The number of nitriles is 1. The summed E-state index contributed by atoms with van der Waals surface area (Å²) in [6.07, 6.45) is 0.962. The second kappa shape index (κ2) is 4.29. The van der Waals surface area contributed by atoms with Gasteiger partial charge in [0.15, 0.2) is 0 Å². The maximum Gasteiger partial charge on any atom is 0.0975 e. The Morgan fingerprint density at radius 1 is 1.40 bits per heavy atom. The van der Waals surface area contributed by atoms with E-state index in [0.717, 1.165) is 6.42 Å². The SMILES string of the molecule is CC(C)CC(C#N)N(C)C. The fourth-order valence-electron chi connectivity index (χ4n) is 0.826. The van der Waals surface area contributed by atoms with Crippen LogP contribution in [0.25, 0.3) is 0 Å². The molecule has 0 aromatic rings. The molecule has 0 N–H and O–H groups in total. The standard InChI is InChI=1S/C8H16N2/c1-7(2)5-8(6-9)10(3)4/h7-8H,5H2,1-4H3. The van der Waals surface area contributed by atoms with Crippen LogP contribution in [0.4, 0.5) is 0 Å². The van der Waals surface area contributed by atoms with Crippen molar-refractivity contribution in [1.29, 1.82) is 5.26 Å². The van der Waals surface area contributed by atoms with Crippen LogP contribution in [0.15, 0.2) is 0 Å². The van der Waals surface area contributed by atoms with Gasteiger partial charge >= 0.3 is 0 Å². The van der Waals surface area contributed by atoms with Gasteiger partial charge in [-0.15, -0.1) is 0 Å². The number of hydrogen-bond acceptors (Lipinski definition) is 2. The Balaban J connectivity index is 3.75. The van der Waals surface area contributed by atoms with E-state index in [9.17, 15) is 0 Å². The highest BCUT2D eigenvalue weighted by Gasteiger charge is 2.10. The molecule has 0 heterocycles. The van der Waals surface area contributed by atoms with E-state index in [4.69, 9.17) is 5.26 Å². The first-order valence-corrected chi connectivity index (χ1v) is 3.64. The van der Waals surface area contributed by atoms with Gasteiger partial charge in [-0.1, -0.05) is 13.8 Å². The highest BCUT2D eigenvalue weighted by atomic mass is 15.1. The van der Waals surface area contributed by atoms with Crippen molar-refractivity contribution in [1.82, 2.24) is 4.90 Å². The van der Waals surface area contributed by atoms with E-state index in [1.807, 2.05) is 19.0 Å². The Bertz CT molecular complexity index is 122. The zero-order valence-electron chi connectivity index (χ0n) is 7.26. The van der Waals surface area contributed by atoms with Gasteiger partial charge in [0.2, 0.25) is 0 Å². The smallest absolute Gasteiger partial charge is 0.0975 e. The lowest BCUT2D eigenvalue weighted by molar-refractivity contribution is 0.307. The lowest BCUT2D eigenvalue weighted by Gasteiger charge is -2.18. The molecule has 0 aliphatic rings. The zero-order valence-corrected chi connectivity index (χ0v) is 7.26. The molecule has 0 rings (SSSR count). The highest BCUT2D eigenvalue weighted by molar-refractivity contribution is 4.89. The summed E-state index contributed by atoms with van der Waals surface area (Å²) in [4.78, 5) is 1.96. The Hall–Kier alpha value is -0.550. The third-order valence-corrected chi connectivity index (χ3v) is 1.47. The average Bonchev–Trinajstić information content (AvgIpc) is 1.81. The van der Waals surface area contributed by atoms with Gasteiger partial charge < -0.3 is 0 Å². The maximum atomic E-state index is 8.65. The van der Waals surface area contributed by atoms with Gasteiger partial charge in [0.25, 0.3) is 0 Å². The summed E-state index contributed by atoms with van der Waals surface area (Å²) < 4.78 is 0. The number of hydrogen-bond donors (Lipinski definition) is 0. The summed E-state index contributed by atoms with van der Waals surface area (Å²) >= 11 is 0. The quantitative estimate of drug-likeness (QED) is 0.593. The van der Waals surface area contributed by atoms with Gasteiger partial charge in [0.1, 0.15) is 0 Å². The van der Waals surface area contributed by atoms with Crippen LogP contribution in [-0.4, -0.2) is 25.0 Å². The maximum absolute atomic E-state index is 8.65. The molecule has 0 fully saturated rings. The van der Waals surface area contributed by atoms with E-state index in [0.29, 0.717) is 5.92 Å². The minimum absolute atomic E-state index is 0.0833. The first-order chi connectivity index (χ1) is 4.57. The molecule has 0 radical (unpaired) electrons. The van der Waals surface area contributed by atoms with Crippen LogP contribution in [0.2, 0.25) is 0 Å². The Labute approximate surface area is 63.4 Å².